The molecule has 0 aliphatic rings. The summed E-state index contributed by atoms with van der Waals surface area (Å²) in [5.74, 6) is 2.43. The van der Waals surface area contributed by atoms with E-state index in [1.807, 2.05) is 39.0 Å². The summed E-state index contributed by atoms with van der Waals surface area (Å²) in [5.41, 5.74) is 2.96. The van der Waals surface area contributed by atoms with E-state index in [2.05, 4.69) is 10.1 Å². The van der Waals surface area contributed by atoms with Crippen LogP contribution in [0.1, 0.15) is 30.4 Å². The SMILES string of the molecule is CCC(Oc1ccc(C)c(C)c1)C(=O)N(C)Cc1nc(-c2ccc(OC)cc2OC)no1. The van der Waals surface area contributed by atoms with E-state index < -0.39 is 6.10 Å². The van der Waals surface area contributed by atoms with Gasteiger partial charge in [-0.25, -0.2) is 0 Å². The fraction of sp³-hybridized carbons (Fsp3) is 0.375. The highest BCUT2D eigenvalue weighted by Crippen LogP contribution is 2.31. The molecule has 0 fully saturated rings. The second-order valence-corrected chi connectivity index (χ2v) is 7.53. The molecule has 0 saturated carbocycles. The first-order valence-corrected chi connectivity index (χ1v) is 10.4. The Kier molecular flexibility index (Phi) is 7.35. The molecule has 3 aromatic rings. The van der Waals surface area contributed by atoms with Crippen molar-refractivity contribution in [3.8, 4) is 28.6 Å². The number of ether oxygens (including phenoxy) is 3. The number of hydrogen-bond acceptors (Lipinski definition) is 7. The highest BCUT2D eigenvalue weighted by Gasteiger charge is 2.24. The van der Waals surface area contributed by atoms with Crippen LogP contribution in [-0.2, 0) is 11.3 Å². The molecule has 0 aliphatic heterocycles. The van der Waals surface area contributed by atoms with Crippen molar-refractivity contribution in [2.24, 2.45) is 0 Å². The first-order valence-electron chi connectivity index (χ1n) is 10.4. The summed E-state index contributed by atoms with van der Waals surface area (Å²) < 4.78 is 22.0. The molecule has 0 bridgehead atoms. The molecule has 32 heavy (non-hydrogen) atoms. The fourth-order valence-electron chi connectivity index (χ4n) is 3.20. The van der Waals surface area contributed by atoms with Crippen LogP contribution in [0.15, 0.2) is 40.9 Å². The maximum atomic E-state index is 13.0. The average molecular weight is 440 g/mol. The van der Waals surface area contributed by atoms with E-state index in [1.54, 1.807) is 39.5 Å². The highest BCUT2D eigenvalue weighted by molar-refractivity contribution is 5.81. The third-order valence-electron chi connectivity index (χ3n) is 5.27. The van der Waals surface area contributed by atoms with Crippen LogP contribution in [0.4, 0.5) is 0 Å². The molecule has 1 atom stereocenters. The van der Waals surface area contributed by atoms with E-state index in [1.165, 1.54) is 10.5 Å². The van der Waals surface area contributed by atoms with E-state index in [-0.39, 0.29) is 12.5 Å². The Hall–Kier alpha value is -3.55. The van der Waals surface area contributed by atoms with Crippen LogP contribution in [0.3, 0.4) is 0 Å². The Morgan fingerprint density at radius 2 is 1.81 bits per heavy atom. The van der Waals surface area contributed by atoms with E-state index in [0.717, 1.165) is 5.56 Å². The molecule has 1 amide bonds. The van der Waals surface area contributed by atoms with Gasteiger partial charge in [0.2, 0.25) is 11.7 Å². The third-order valence-corrected chi connectivity index (χ3v) is 5.27. The van der Waals surface area contributed by atoms with E-state index in [9.17, 15) is 4.79 Å². The average Bonchev–Trinajstić information content (AvgIpc) is 3.26. The van der Waals surface area contributed by atoms with Gasteiger partial charge in [0, 0.05) is 13.1 Å². The van der Waals surface area contributed by atoms with Gasteiger partial charge in [-0.1, -0.05) is 18.1 Å². The molecule has 1 unspecified atom stereocenters. The second kappa shape index (κ2) is 10.2. The molecule has 0 aliphatic carbocycles. The summed E-state index contributed by atoms with van der Waals surface area (Å²) in [6.45, 7) is 6.13. The highest BCUT2D eigenvalue weighted by atomic mass is 16.5. The molecule has 8 nitrogen and oxygen atoms in total. The summed E-state index contributed by atoms with van der Waals surface area (Å²) in [7, 11) is 4.83. The Labute approximate surface area is 188 Å². The molecule has 0 spiro atoms. The van der Waals surface area contributed by atoms with Gasteiger partial charge in [0.1, 0.15) is 17.2 Å². The molecule has 3 rings (SSSR count). The molecule has 0 radical (unpaired) electrons. The lowest BCUT2D eigenvalue weighted by atomic mass is 10.1. The minimum absolute atomic E-state index is 0.160. The Morgan fingerprint density at radius 1 is 1.06 bits per heavy atom. The normalized spacial score (nSPS) is 11.7. The standard InChI is InChI=1S/C24H29N3O5/c1-7-20(31-18-9-8-15(2)16(3)12-18)24(28)27(4)14-22-25-23(26-32-22)19-11-10-17(29-5)13-21(19)30-6/h8-13,20H,7,14H2,1-6H3. The van der Waals surface area contributed by atoms with Crippen LogP contribution in [0.25, 0.3) is 11.4 Å². The number of aromatic nitrogens is 2. The maximum absolute atomic E-state index is 13.0. The maximum Gasteiger partial charge on any atom is 0.263 e. The van der Waals surface area contributed by atoms with Crippen molar-refractivity contribution < 1.29 is 23.5 Å². The van der Waals surface area contributed by atoms with Crippen molar-refractivity contribution in [3.63, 3.8) is 0 Å². The first kappa shape index (κ1) is 23.1. The van der Waals surface area contributed by atoms with Gasteiger partial charge < -0.3 is 23.6 Å². The number of carbonyl (C=O) groups is 1. The van der Waals surface area contributed by atoms with Crippen LogP contribution in [0, 0.1) is 13.8 Å². The molecule has 1 aromatic heterocycles. The Morgan fingerprint density at radius 3 is 2.47 bits per heavy atom. The monoisotopic (exact) mass is 439 g/mol. The molecule has 170 valence electrons. The lowest BCUT2D eigenvalue weighted by Crippen LogP contribution is -2.39. The van der Waals surface area contributed by atoms with Gasteiger partial charge in [-0.15, -0.1) is 0 Å². The number of hydrogen-bond donors (Lipinski definition) is 0. The van der Waals surface area contributed by atoms with Gasteiger partial charge in [-0.2, -0.15) is 4.98 Å². The number of carbonyl (C=O) groups excluding carboxylic acids is 1. The van der Waals surface area contributed by atoms with Crippen molar-refractivity contribution in [2.75, 3.05) is 21.3 Å². The Bertz CT molecular complexity index is 1080. The van der Waals surface area contributed by atoms with Crippen LogP contribution >= 0.6 is 0 Å². The molecular formula is C24H29N3O5. The predicted molar refractivity (Wildman–Crippen MR) is 120 cm³/mol. The molecule has 0 saturated heterocycles. The number of amides is 1. The van der Waals surface area contributed by atoms with Crippen molar-refractivity contribution in [1.82, 2.24) is 15.0 Å². The van der Waals surface area contributed by atoms with Crippen molar-refractivity contribution in [2.45, 2.75) is 39.8 Å². The minimum Gasteiger partial charge on any atom is -0.497 e. The molecule has 1 heterocycles. The van der Waals surface area contributed by atoms with Gasteiger partial charge >= 0.3 is 0 Å². The molecule has 0 N–H and O–H groups in total. The van der Waals surface area contributed by atoms with Crippen LogP contribution in [0.5, 0.6) is 17.2 Å². The fourth-order valence-corrected chi connectivity index (χ4v) is 3.20. The summed E-state index contributed by atoms with van der Waals surface area (Å²) >= 11 is 0. The van der Waals surface area contributed by atoms with Crippen molar-refractivity contribution in [3.05, 3.63) is 53.4 Å². The number of benzene rings is 2. The quantitative estimate of drug-likeness (QED) is 0.494. The summed E-state index contributed by atoms with van der Waals surface area (Å²) in [6.07, 6.45) is -0.0694. The smallest absolute Gasteiger partial charge is 0.263 e. The van der Waals surface area contributed by atoms with Crippen molar-refractivity contribution >= 4 is 5.91 Å². The van der Waals surface area contributed by atoms with E-state index >= 15 is 0 Å². The van der Waals surface area contributed by atoms with Gasteiger partial charge in [-0.3, -0.25) is 4.79 Å². The molecule has 8 heteroatoms. The second-order valence-electron chi connectivity index (χ2n) is 7.53. The number of methoxy groups -OCH3 is 2. The molecular weight excluding hydrogens is 410 g/mol. The number of nitrogens with zero attached hydrogens (tertiary/aromatic N) is 3. The van der Waals surface area contributed by atoms with E-state index in [0.29, 0.717) is 40.9 Å². The Balaban J connectivity index is 1.70. The predicted octanol–water partition coefficient (Wildman–Crippen LogP) is 4.19. The van der Waals surface area contributed by atoms with E-state index in [4.69, 9.17) is 18.7 Å². The number of likely N-dealkylation sites (N-methyl/N-ethyl adjacent to an activating group) is 1. The third kappa shape index (κ3) is 5.19. The summed E-state index contributed by atoms with van der Waals surface area (Å²) in [6, 6.07) is 11.1. The van der Waals surface area contributed by atoms with Crippen LogP contribution in [-0.4, -0.2) is 48.3 Å². The zero-order chi connectivity index (χ0) is 23.3. The largest absolute Gasteiger partial charge is 0.497 e. The lowest BCUT2D eigenvalue weighted by molar-refractivity contribution is -0.138. The number of rotatable bonds is 9. The van der Waals surface area contributed by atoms with Crippen LogP contribution in [0.2, 0.25) is 0 Å². The zero-order valence-electron chi connectivity index (χ0n) is 19.3. The zero-order valence-corrected chi connectivity index (χ0v) is 19.3. The van der Waals surface area contributed by atoms with Gasteiger partial charge in [0.05, 0.1) is 26.3 Å². The number of aryl methyl sites for hydroxylation is 2. The topological polar surface area (TPSA) is 86.9 Å². The first-order chi connectivity index (χ1) is 15.4. The summed E-state index contributed by atoms with van der Waals surface area (Å²) in [4.78, 5) is 18.9. The summed E-state index contributed by atoms with van der Waals surface area (Å²) in [5, 5.41) is 4.04. The lowest BCUT2D eigenvalue weighted by Gasteiger charge is -2.23. The van der Waals surface area contributed by atoms with Crippen molar-refractivity contribution in [1.29, 1.82) is 0 Å². The van der Waals surface area contributed by atoms with Gasteiger partial charge in [0.15, 0.2) is 6.10 Å². The minimum atomic E-state index is -0.605. The van der Waals surface area contributed by atoms with Gasteiger partial charge in [-0.05, 0) is 55.7 Å². The molecule has 2 aromatic carbocycles. The van der Waals surface area contributed by atoms with Gasteiger partial charge in [0.25, 0.3) is 5.91 Å². The van der Waals surface area contributed by atoms with Crippen LogP contribution < -0.4 is 14.2 Å².